The van der Waals surface area contributed by atoms with Crippen LogP contribution in [0.4, 0.5) is 0 Å². The molecular formula is C18H22O5. The van der Waals surface area contributed by atoms with E-state index in [1.807, 2.05) is 30.3 Å². The zero-order valence-electron chi connectivity index (χ0n) is 13.7. The Morgan fingerprint density at radius 1 is 1.13 bits per heavy atom. The van der Waals surface area contributed by atoms with Crippen molar-refractivity contribution in [2.75, 3.05) is 13.2 Å². The van der Waals surface area contributed by atoms with Gasteiger partial charge in [-0.1, -0.05) is 36.9 Å². The van der Waals surface area contributed by atoms with Gasteiger partial charge in [0.25, 0.3) is 0 Å². The van der Waals surface area contributed by atoms with Crippen LogP contribution in [0.3, 0.4) is 0 Å². The molecule has 1 heterocycles. The number of hydrogen-bond donors (Lipinski definition) is 0. The first-order valence-corrected chi connectivity index (χ1v) is 7.74. The van der Waals surface area contributed by atoms with Crippen LogP contribution in [-0.4, -0.2) is 31.3 Å². The van der Waals surface area contributed by atoms with E-state index < -0.39 is 29.6 Å². The molecule has 1 aromatic carbocycles. The van der Waals surface area contributed by atoms with E-state index in [1.165, 1.54) is 0 Å². The fourth-order valence-corrected chi connectivity index (χ4v) is 2.88. The summed E-state index contributed by atoms with van der Waals surface area (Å²) >= 11 is 0. The molecule has 0 bridgehead atoms. The lowest BCUT2D eigenvalue weighted by Crippen LogP contribution is -2.45. The highest BCUT2D eigenvalue weighted by molar-refractivity contribution is 6.05. The summed E-state index contributed by atoms with van der Waals surface area (Å²) in [5.41, 5.74) is -0.602. The summed E-state index contributed by atoms with van der Waals surface area (Å²) in [6.45, 7) is 9.40. The molecule has 1 fully saturated rings. The van der Waals surface area contributed by atoms with Crippen LogP contribution in [0.1, 0.15) is 32.4 Å². The number of carbonyl (C=O) groups excluding carboxylic acids is 2. The SMILES string of the molecule is C=C1C(C)OC(c2ccccc2)C1(C(=O)OCC)C(=O)OCC. The van der Waals surface area contributed by atoms with Gasteiger partial charge in [-0.15, -0.1) is 0 Å². The maximum Gasteiger partial charge on any atom is 0.330 e. The summed E-state index contributed by atoms with van der Waals surface area (Å²) in [5.74, 6) is -1.36. The topological polar surface area (TPSA) is 61.8 Å². The molecule has 0 aliphatic carbocycles. The highest BCUT2D eigenvalue weighted by Crippen LogP contribution is 2.52. The molecule has 1 aliphatic rings. The lowest BCUT2D eigenvalue weighted by Gasteiger charge is -2.30. The Balaban J connectivity index is 2.60. The van der Waals surface area contributed by atoms with Gasteiger partial charge in [-0.05, 0) is 31.9 Å². The predicted molar refractivity (Wildman–Crippen MR) is 84.6 cm³/mol. The Labute approximate surface area is 136 Å². The zero-order chi connectivity index (χ0) is 17.0. The summed E-state index contributed by atoms with van der Waals surface area (Å²) < 4.78 is 16.3. The van der Waals surface area contributed by atoms with Crippen LogP contribution in [0.25, 0.3) is 0 Å². The van der Waals surface area contributed by atoms with Crippen LogP contribution in [0, 0.1) is 5.41 Å². The van der Waals surface area contributed by atoms with Crippen LogP contribution < -0.4 is 0 Å². The Morgan fingerprint density at radius 3 is 2.13 bits per heavy atom. The van der Waals surface area contributed by atoms with Crippen molar-refractivity contribution < 1.29 is 23.8 Å². The molecule has 2 rings (SSSR count). The first-order chi connectivity index (χ1) is 11.0. The summed E-state index contributed by atoms with van der Waals surface area (Å²) in [7, 11) is 0. The number of ether oxygens (including phenoxy) is 3. The second-order valence-electron chi connectivity index (χ2n) is 5.34. The lowest BCUT2D eigenvalue weighted by molar-refractivity contribution is -0.174. The second kappa shape index (κ2) is 6.96. The van der Waals surface area contributed by atoms with E-state index in [-0.39, 0.29) is 13.2 Å². The molecule has 1 aliphatic heterocycles. The Morgan fingerprint density at radius 2 is 1.65 bits per heavy atom. The minimum atomic E-state index is -1.67. The van der Waals surface area contributed by atoms with Crippen LogP contribution in [0.15, 0.2) is 42.5 Å². The van der Waals surface area contributed by atoms with Crippen molar-refractivity contribution in [1.82, 2.24) is 0 Å². The average molecular weight is 318 g/mol. The normalized spacial score (nSPS) is 22.7. The van der Waals surface area contributed by atoms with Gasteiger partial charge in [0, 0.05) is 0 Å². The number of esters is 2. The van der Waals surface area contributed by atoms with Crippen molar-refractivity contribution in [3.63, 3.8) is 0 Å². The highest BCUT2D eigenvalue weighted by atomic mass is 16.6. The Bertz CT molecular complexity index is 575. The molecular weight excluding hydrogens is 296 g/mol. The molecule has 1 saturated heterocycles. The third-order valence-electron chi connectivity index (χ3n) is 4.03. The molecule has 124 valence electrons. The van der Waals surface area contributed by atoms with Crippen LogP contribution in [-0.2, 0) is 23.8 Å². The first-order valence-electron chi connectivity index (χ1n) is 7.74. The van der Waals surface area contributed by atoms with Gasteiger partial charge in [-0.3, -0.25) is 9.59 Å². The summed E-state index contributed by atoms with van der Waals surface area (Å²) in [6, 6.07) is 9.12. The molecule has 0 amide bonds. The zero-order valence-corrected chi connectivity index (χ0v) is 13.7. The van der Waals surface area contributed by atoms with Gasteiger partial charge in [0.05, 0.1) is 19.3 Å². The monoisotopic (exact) mass is 318 g/mol. The Kier molecular flexibility index (Phi) is 5.21. The number of rotatable bonds is 5. The second-order valence-corrected chi connectivity index (χ2v) is 5.34. The van der Waals surface area contributed by atoms with Crippen molar-refractivity contribution >= 4 is 11.9 Å². The molecule has 0 aromatic heterocycles. The van der Waals surface area contributed by atoms with Gasteiger partial charge in [0.2, 0.25) is 5.41 Å². The average Bonchev–Trinajstić information content (AvgIpc) is 2.81. The summed E-state index contributed by atoms with van der Waals surface area (Å²) in [6.07, 6.45) is -1.28. The van der Waals surface area contributed by atoms with E-state index in [1.54, 1.807) is 20.8 Å². The fourth-order valence-electron chi connectivity index (χ4n) is 2.88. The largest absolute Gasteiger partial charge is 0.465 e. The van der Waals surface area contributed by atoms with Crippen molar-refractivity contribution in [3.8, 4) is 0 Å². The lowest BCUT2D eigenvalue weighted by atomic mass is 9.74. The highest BCUT2D eigenvalue weighted by Gasteiger charge is 2.64. The Hall–Kier alpha value is -2.14. The molecule has 1 aromatic rings. The van der Waals surface area contributed by atoms with Crippen LogP contribution in [0.2, 0.25) is 0 Å². The summed E-state index contributed by atoms with van der Waals surface area (Å²) in [4.78, 5) is 25.5. The molecule has 23 heavy (non-hydrogen) atoms. The molecule has 0 radical (unpaired) electrons. The summed E-state index contributed by atoms with van der Waals surface area (Å²) in [5, 5.41) is 0. The molecule has 5 heteroatoms. The van der Waals surface area contributed by atoms with Crippen molar-refractivity contribution in [2.45, 2.75) is 33.0 Å². The van der Waals surface area contributed by atoms with E-state index in [0.29, 0.717) is 11.1 Å². The van der Waals surface area contributed by atoms with Crippen LogP contribution >= 0.6 is 0 Å². The van der Waals surface area contributed by atoms with Crippen molar-refractivity contribution in [1.29, 1.82) is 0 Å². The number of benzene rings is 1. The first kappa shape index (κ1) is 17.2. The minimum absolute atomic E-state index is 0.156. The molecule has 0 spiro atoms. The minimum Gasteiger partial charge on any atom is -0.465 e. The molecule has 5 nitrogen and oxygen atoms in total. The number of hydrogen-bond acceptors (Lipinski definition) is 5. The molecule has 2 unspecified atom stereocenters. The van der Waals surface area contributed by atoms with Gasteiger partial charge in [-0.2, -0.15) is 0 Å². The van der Waals surface area contributed by atoms with Gasteiger partial charge in [-0.25, -0.2) is 0 Å². The molecule has 2 atom stereocenters. The maximum atomic E-state index is 12.8. The van der Waals surface area contributed by atoms with E-state index in [9.17, 15) is 9.59 Å². The van der Waals surface area contributed by atoms with E-state index >= 15 is 0 Å². The predicted octanol–water partition coefficient (Wildman–Crippen LogP) is 2.82. The smallest absolute Gasteiger partial charge is 0.330 e. The van der Waals surface area contributed by atoms with Crippen molar-refractivity contribution in [2.24, 2.45) is 5.41 Å². The maximum absolute atomic E-state index is 12.8. The van der Waals surface area contributed by atoms with Gasteiger partial charge in [0.15, 0.2) is 0 Å². The van der Waals surface area contributed by atoms with Crippen molar-refractivity contribution in [3.05, 3.63) is 48.0 Å². The third kappa shape index (κ3) is 2.77. The van der Waals surface area contributed by atoms with E-state index in [2.05, 4.69) is 6.58 Å². The molecule has 0 saturated carbocycles. The van der Waals surface area contributed by atoms with Crippen LogP contribution in [0.5, 0.6) is 0 Å². The van der Waals surface area contributed by atoms with Gasteiger partial charge >= 0.3 is 11.9 Å². The standard InChI is InChI=1S/C18H22O5/c1-5-21-16(19)18(17(20)22-6-2)12(3)13(4)23-15(18)14-10-8-7-9-11-14/h7-11,13,15H,3,5-6H2,1-2,4H3. The quantitative estimate of drug-likeness (QED) is 0.474. The van der Waals surface area contributed by atoms with Gasteiger partial charge < -0.3 is 14.2 Å². The van der Waals surface area contributed by atoms with Gasteiger partial charge in [0.1, 0.15) is 6.10 Å². The van der Waals surface area contributed by atoms with E-state index in [4.69, 9.17) is 14.2 Å². The molecule has 0 N–H and O–H groups in total. The fraction of sp³-hybridized carbons (Fsp3) is 0.444. The number of carbonyl (C=O) groups is 2. The third-order valence-corrected chi connectivity index (χ3v) is 4.03. The van der Waals surface area contributed by atoms with E-state index in [0.717, 1.165) is 0 Å².